The average Bonchev–Trinajstić information content (AvgIpc) is 2.40. The molecule has 1 aliphatic heterocycles. The summed E-state index contributed by atoms with van der Waals surface area (Å²) in [5, 5.41) is 0. The summed E-state index contributed by atoms with van der Waals surface area (Å²) in [4.78, 5) is 2.72. The van der Waals surface area contributed by atoms with Gasteiger partial charge in [0.1, 0.15) is 0 Å². The van der Waals surface area contributed by atoms with Gasteiger partial charge in [0.25, 0.3) is 0 Å². The van der Waals surface area contributed by atoms with Crippen molar-refractivity contribution in [3.05, 3.63) is 0 Å². The maximum Gasteiger partial charge on any atom is 0.0599 e. The van der Waals surface area contributed by atoms with Crippen molar-refractivity contribution in [2.24, 2.45) is 11.8 Å². The second kappa shape index (κ2) is 6.91. The Labute approximate surface area is 113 Å². The van der Waals surface area contributed by atoms with Crippen LogP contribution in [-0.2, 0) is 4.74 Å². The van der Waals surface area contributed by atoms with Crippen LogP contribution in [0.3, 0.4) is 0 Å². The standard InChI is InChI=1S/C16H31NO/c1-4-18-16-9-11-17(12-10-16)14(3)15-7-5-13(2)6-8-15/h13-16H,4-12H2,1-3H3. The molecule has 0 radical (unpaired) electrons. The SMILES string of the molecule is CCOC1CCN(C(C)C2CCC(C)CC2)CC1. The summed E-state index contributed by atoms with van der Waals surface area (Å²) in [5.41, 5.74) is 0. The zero-order chi connectivity index (χ0) is 13.0. The van der Waals surface area contributed by atoms with Gasteiger partial charge in [-0.25, -0.2) is 0 Å². The van der Waals surface area contributed by atoms with Crippen LogP contribution in [0.4, 0.5) is 0 Å². The topological polar surface area (TPSA) is 12.5 Å². The van der Waals surface area contributed by atoms with Crippen molar-refractivity contribution in [2.75, 3.05) is 19.7 Å². The number of hydrogen-bond acceptors (Lipinski definition) is 2. The predicted octanol–water partition coefficient (Wildman–Crippen LogP) is 3.70. The molecule has 2 heteroatoms. The monoisotopic (exact) mass is 253 g/mol. The summed E-state index contributed by atoms with van der Waals surface area (Å²) in [6, 6.07) is 0.792. The highest BCUT2D eigenvalue weighted by Crippen LogP contribution is 2.33. The third-order valence-electron chi connectivity index (χ3n) is 5.20. The summed E-state index contributed by atoms with van der Waals surface area (Å²) in [6.45, 7) is 10.4. The second-order valence-corrected chi connectivity index (χ2v) is 6.45. The summed E-state index contributed by atoms with van der Waals surface area (Å²) >= 11 is 0. The Morgan fingerprint density at radius 3 is 2.22 bits per heavy atom. The van der Waals surface area contributed by atoms with Crippen molar-refractivity contribution in [1.82, 2.24) is 4.90 Å². The lowest BCUT2D eigenvalue weighted by atomic mass is 9.79. The first-order chi connectivity index (χ1) is 8.70. The van der Waals surface area contributed by atoms with Crippen LogP contribution in [0.1, 0.15) is 59.3 Å². The zero-order valence-electron chi connectivity index (χ0n) is 12.5. The molecule has 1 unspecified atom stereocenters. The van der Waals surface area contributed by atoms with Gasteiger partial charge in [0.15, 0.2) is 0 Å². The Bertz CT molecular complexity index is 227. The molecule has 0 N–H and O–H groups in total. The molecule has 0 spiro atoms. The largest absolute Gasteiger partial charge is 0.378 e. The molecule has 1 aliphatic carbocycles. The van der Waals surface area contributed by atoms with Gasteiger partial charge in [0.2, 0.25) is 0 Å². The van der Waals surface area contributed by atoms with Gasteiger partial charge >= 0.3 is 0 Å². The number of rotatable bonds is 4. The lowest BCUT2D eigenvalue weighted by molar-refractivity contribution is -0.00453. The normalized spacial score (nSPS) is 33.5. The van der Waals surface area contributed by atoms with Crippen molar-refractivity contribution in [2.45, 2.75) is 71.4 Å². The van der Waals surface area contributed by atoms with Crippen LogP contribution in [0.25, 0.3) is 0 Å². The van der Waals surface area contributed by atoms with E-state index in [1.165, 1.54) is 51.6 Å². The van der Waals surface area contributed by atoms with E-state index in [0.717, 1.165) is 24.5 Å². The van der Waals surface area contributed by atoms with Gasteiger partial charge in [0, 0.05) is 25.7 Å². The molecule has 0 aromatic carbocycles. The van der Waals surface area contributed by atoms with E-state index >= 15 is 0 Å². The highest BCUT2D eigenvalue weighted by Gasteiger charge is 2.29. The molecule has 106 valence electrons. The molecule has 2 rings (SSSR count). The molecule has 0 bridgehead atoms. The molecular formula is C16H31NO. The Hall–Kier alpha value is -0.0800. The number of likely N-dealkylation sites (tertiary alicyclic amines) is 1. The van der Waals surface area contributed by atoms with Crippen LogP contribution in [0.15, 0.2) is 0 Å². The maximum absolute atomic E-state index is 5.74. The minimum Gasteiger partial charge on any atom is -0.378 e. The molecule has 1 atom stereocenters. The molecule has 18 heavy (non-hydrogen) atoms. The number of piperidine rings is 1. The van der Waals surface area contributed by atoms with Crippen LogP contribution >= 0.6 is 0 Å². The van der Waals surface area contributed by atoms with Crippen LogP contribution < -0.4 is 0 Å². The molecule has 2 aliphatic rings. The van der Waals surface area contributed by atoms with Gasteiger partial charge in [-0.15, -0.1) is 0 Å². The van der Waals surface area contributed by atoms with E-state index in [9.17, 15) is 0 Å². The van der Waals surface area contributed by atoms with E-state index in [4.69, 9.17) is 4.74 Å². The Balaban J connectivity index is 1.75. The van der Waals surface area contributed by atoms with E-state index in [-0.39, 0.29) is 0 Å². The first kappa shape index (κ1) is 14.3. The average molecular weight is 253 g/mol. The molecule has 1 saturated carbocycles. The van der Waals surface area contributed by atoms with Gasteiger partial charge in [-0.2, -0.15) is 0 Å². The Morgan fingerprint density at radius 2 is 1.67 bits per heavy atom. The number of nitrogens with zero attached hydrogens (tertiary/aromatic N) is 1. The number of ether oxygens (including phenoxy) is 1. The van der Waals surface area contributed by atoms with Crippen LogP contribution in [-0.4, -0.2) is 36.7 Å². The Kier molecular flexibility index (Phi) is 5.50. The van der Waals surface area contributed by atoms with Gasteiger partial charge in [0.05, 0.1) is 6.10 Å². The van der Waals surface area contributed by atoms with Gasteiger partial charge in [-0.3, -0.25) is 0 Å². The van der Waals surface area contributed by atoms with Crippen molar-refractivity contribution in [3.8, 4) is 0 Å². The second-order valence-electron chi connectivity index (χ2n) is 6.45. The molecular weight excluding hydrogens is 222 g/mol. The van der Waals surface area contributed by atoms with Crippen LogP contribution in [0.5, 0.6) is 0 Å². The summed E-state index contributed by atoms with van der Waals surface area (Å²) in [6.07, 6.45) is 8.81. The highest BCUT2D eigenvalue weighted by atomic mass is 16.5. The lowest BCUT2D eigenvalue weighted by Gasteiger charge is -2.41. The van der Waals surface area contributed by atoms with Crippen molar-refractivity contribution in [1.29, 1.82) is 0 Å². The molecule has 0 aromatic heterocycles. The molecule has 0 aromatic rings. The van der Waals surface area contributed by atoms with E-state index in [1.54, 1.807) is 0 Å². The first-order valence-electron chi connectivity index (χ1n) is 8.06. The van der Waals surface area contributed by atoms with Crippen LogP contribution in [0, 0.1) is 11.8 Å². The van der Waals surface area contributed by atoms with Crippen molar-refractivity contribution in [3.63, 3.8) is 0 Å². The third kappa shape index (κ3) is 3.71. The minimum atomic E-state index is 0.532. The van der Waals surface area contributed by atoms with E-state index in [1.807, 2.05) is 0 Å². The fourth-order valence-corrected chi connectivity index (χ4v) is 3.75. The van der Waals surface area contributed by atoms with Gasteiger partial charge in [-0.1, -0.05) is 19.8 Å². The third-order valence-corrected chi connectivity index (χ3v) is 5.20. The Morgan fingerprint density at radius 1 is 1.06 bits per heavy atom. The highest BCUT2D eigenvalue weighted by molar-refractivity contribution is 4.83. The molecule has 2 fully saturated rings. The van der Waals surface area contributed by atoms with Gasteiger partial charge < -0.3 is 9.64 Å². The predicted molar refractivity (Wildman–Crippen MR) is 76.8 cm³/mol. The minimum absolute atomic E-state index is 0.532. The first-order valence-corrected chi connectivity index (χ1v) is 8.06. The van der Waals surface area contributed by atoms with Gasteiger partial charge in [-0.05, 0) is 51.4 Å². The summed E-state index contributed by atoms with van der Waals surface area (Å²) < 4.78 is 5.74. The molecule has 2 nitrogen and oxygen atoms in total. The molecule has 1 saturated heterocycles. The van der Waals surface area contributed by atoms with E-state index in [0.29, 0.717) is 6.10 Å². The lowest BCUT2D eigenvalue weighted by Crippen LogP contribution is -2.45. The summed E-state index contributed by atoms with van der Waals surface area (Å²) in [7, 11) is 0. The zero-order valence-corrected chi connectivity index (χ0v) is 12.5. The van der Waals surface area contributed by atoms with E-state index < -0.39 is 0 Å². The summed E-state index contributed by atoms with van der Waals surface area (Å²) in [5.74, 6) is 1.92. The van der Waals surface area contributed by atoms with Crippen molar-refractivity contribution < 1.29 is 4.74 Å². The van der Waals surface area contributed by atoms with E-state index in [2.05, 4.69) is 25.7 Å². The smallest absolute Gasteiger partial charge is 0.0599 e. The maximum atomic E-state index is 5.74. The fraction of sp³-hybridized carbons (Fsp3) is 1.00. The van der Waals surface area contributed by atoms with Crippen molar-refractivity contribution >= 4 is 0 Å². The fourth-order valence-electron chi connectivity index (χ4n) is 3.75. The van der Waals surface area contributed by atoms with Crippen LogP contribution in [0.2, 0.25) is 0 Å². The molecule has 0 amide bonds. The number of hydrogen-bond donors (Lipinski definition) is 0. The quantitative estimate of drug-likeness (QED) is 0.757. The molecule has 1 heterocycles.